The molecule has 0 unspecified atom stereocenters. The molecule has 0 aliphatic carbocycles. The molecule has 32 heavy (non-hydrogen) atoms. The lowest BCUT2D eigenvalue weighted by Crippen LogP contribution is -2.23. The SMILES string of the molecule is C=CCN(CC=C)CC=C.C=CCN(CC=C)CC=C.Cc1ccccc1.O=S(=O)(O)O. The fraction of sp³-hybridized carbons (Fsp3) is 0.280. The summed E-state index contributed by atoms with van der Waals surface area (Å²) in [4.78, 5) is 4.38. The Labute approximate surface area is 195 Å². The van der Waals surface area contributed by atoms with E-state index in [-0.39, 0.29) is 0 Å². The van der Waals surface area contributed by atoms with E-state index in [9.17, 15) is 0 Å². The van der Waals surface area contributed by atoms with Gasteiger partial charge in [-0.05, 0) is 6.92 Å². The highest BCUT2D eigenvalue weighted by Gasteiger charge is 1.95. The lowest BCUT2D eigenvalue weighted by Gasteiger charge is -2.15. The summed E-state index contributed by atoms with van der Waals surface area (Å²) >= 11 is 0. The lowest BCUT2D eigenvalue weighted by atomic mass is 10.2. The van der Waals surface area contributed by atoms with Crippen LogP contribution >= 0.6 is 0 Å². The van der Waals surface area contributed by atoms with Crippen LogP contribution in [0.25, 0.3) is 0 Å². The highest BCUT2D eigenvalue weighted by atomic mass is 32.3. The van der Waals surface area contributed by atoms with E-state index in [0.717, 1.165) is 39.3 Å². The van der Waals surface area contributed by atoms with E-state index >= 15 is 0 Å². The Morgan fingerprint density at radius 2 is 0.875 bits per heavy atom. The zero-order valence-electron chi connectivity index (χ0n) is 19.3. The van der Waals surface area contributed by atoms with Gasteiger partial charge in [0.1, 0.15) is 0 Å². The van der Waals surface area contributed by atoms with Crippen LogP contribution in [0.1, 0.15) is 5.56 Å². The maximum Gasteiger partial charge on any atom is 0.394 e. The quantitative estimate of drug-likeness (QED) is 0.333. The molecule has 0 saturated carbocycles. The molecule has 0 fully saturated rings. The molecule has 0 aromatic heterocycles. The summed E-state index contributed by atoms with van der Waals surface area (Å²) in [5, 5.41) is 0. The van der Waals surface area contributed by atoms with Crippen molar-refractivity contribution in [1.29, 1.82) is 0 Å². The molecule has 180 valence electrons. The number of nitrogens with zero attached hydrogens (tertiary/aromatic N) is 2. The van der Waals surface area contributed by atoms with E-state index in [2.05, 4.69) is 68.3 Å². The molecule has 0 radical (unpaired) electrons. The zero-order chi connectivity index (χ0) is 25.3. The van der Waals surface area contributed by atoms with Crippen molar-refractivity contribution < 1.29 is 17.5 Å². The number of rotatable bonds is 12. The molecular weight excluding hydrogens is 424 g/mol. The first-order valence-electron chi connectivity index (χ1n) is 9.91. The minimum Gasteiger partial charge on any atom is -0.292 e. The van der Waals surface area contributed by atoms with Crippen molar-refractivity contribution in [3.8, 4) is 0 Å². The van der Waals surface area contributed by atoms with Crippen LogP contribution in [-0.2, 0) is 10.4 Å². The third-order valence-corrected chi connectivity index (χ3v) is 3.26. The number of hydrogen-bond acceptors (Lipinski definition) is 4. The highest BCUT2D eigenvalue weighted by Crippen LogP contribution is 1.92. The molecule has 7 heteroatoms. The minimum atomic E-state index is -4.67. The molecule has 0 heterocycles. The zero-order valence-corrected chi connectivity index (χ0v) is 20.2. The molecule has 1 rings (SSSR count). The van der Waals surface area contributed by atoms with Gasteiger partial charge in [0.15, 0.2) is 0 Å². The maximum absolute atomic E-state index is 8.74. The predicted molar refractivity (Wildman–Crippen MR) is 139 cm³/mol. The first kappa shape index (κ1) is 34.1. The van der Waals surface area contributed by atoms with Crippen LogP contribution in [0, 0.1) is 6.92 Å². The van der Waals surface area contributed by atoms with Gasteiger partial charge in [-0.25, -0.2) is 0 Å². The van der Waals surface area contributed by atoms with Gasteiger partial charge in [0.05, 0.1) is 0 Å². The van der Waals surface area contributed by atoms with Gasteiger partial charge in [-0.1, -0.05) is 72.4 Å². The van der Waals surface area contributed by atoms with E-state index in [4.69, 9.17) is 17.5 Å². The van der Waals surface area contributed by atoms with Crippen LogP contribution in [0.2, 0.25) is 0 Å². The van der Waals surface area contributed by atoms with Gasteiger partial charge < -0.3 is 0 Å². The monoisotopic (exact) mass is 464 g/mol. The van der Waals surface area contributed by atoms with Crippen LogP contribution < -0.4 is 0 Å². The van der Waals surface area contributed by atoms with Gasteiger partial charge in [0.2, 0.25) is 0 Å². The summed E-state index contributed by atoms with van der Waals surface area (Å²) in [5.41, 5.74) is 1.32. The van der Waals surface area contributed by atoms with Crippen LogP contribution in [-0.4, -0.2) is 66.6 Å². The van der Waals surface area contributed by atoms with E-state index in [0.29, 0.717) is 0 Å². The molecule has 1 aromatic carbocycles. The molecule has 2 N–H and O–H groups in total. The molecule has 0 bridgehead atoms. The van der Waals surface area contributed by atoms with Crippen molar-refractivity contribution in [2.45, 2.75) is 6.92 Å². The third-order valence-electron chi connectivity index (χ3n) is 3.26. The Kier molecular flexibility index (Phi) is 26.3. The van der Waals surface area contributed by atoms with Crippen LogP contribution in [0.15, 0.2) is 106 Å². The molecule has 0 aliphatic heterocycles. The number of hydrogen-bond donors (Lipinski definition) is 2. The topological polar surface area (TPSA) is 81.1 Å². The molecule has 0 spiro atoms. The average Bonchev–Trinajstić information content (AvgIpc) is 2.70. The number of aryl methyl sites for hydroxylation is 1. The predicted octanol–water partition coefficient (Wildman–Crippen LogP) is 5.04. The van der Waals surface area contributed by atoms with Gasteiger partial charge in [-0.2, -0.15) is 8.42 Å². The number of benzene rings is 1. The Hall–Kier alpha value is -2.55. The lowest BCUT2D eigenvalue weighted by molar-refractivity contribution is 0.373. The second-order valence-corrected chi connectivity index (χ2v) is 7.17. The van der Waals surface area contributed by atoms with Gasteiger partial charge in [-0.15, -0.1) is 39.5 Å². The van der Waals surface area contributed by atoms with Crippen molar-refractivity contribution in [2.75, 3.05) is 39.3 Å². The van der Waals surface area contributed by atoms with Crippen molar-refractivity contribution in [3.05, 3.63) is 112 Å². The molecule has 0 saturated heterocycles. The van der Waals surface area contributed by atoms with Crippen molar-refractivity contribution in [1.82, 2.24) is 9.80 Å². The second-order valence-electron chi connectivity index (χ2n) is 6.27. The fourth-order valence-electron chi connectivity index (χ4n) is 2.08. The van der Waals surface area contributed by atoms with Crippen molar-refractivity contribution in [3.63, 3.8) is 0 Å². The molecule has 0 aliphatic rings. The Morgan fingerprint density at radius 1 is 0.656 bits per heavy atom. The standard InChI is InChI=1S/2C9H15N.C7H8.H2O4S/c2*1-4-7-10(8-5-2)9-6-3;1-7-5-3-2-4-6-7;1-5(2,3)4/h2*4-6H,1-3,7-9H2;2-6H,1H3;(H2,1,2,3,4). The summed E-state index contributed by atoms with van der Waals surface area (Å²) in [5.74, 6) is 0. The summed E-state index contributed by atoms with van der Waals surface area (Å²) in [6, 6.07) is 10.3. The average molecular weight is 465 g/mol. The molecular formula is C25H40N2O4S. The van der Waals surface area contributed by atoms with Crippen molar-refractivity contribution in [2.24, 2.45) is 0 Å². The summed E-state index contributed by atoms with van der Waals surface area (Å²) in [7, 11) is -4.67. The van der Waals surface area contributed by atoms with E-state index in [1.807, 2.05) is 54.7 Å². The van der Waals surface area contributed by atoms with Gasteiger partial charge in [0.25, 0.3) is 0 Å². The Balaban J connectivity index is -0.000000361. The largest absolute Gasteiger partial charge is 0.394 e. The maximum atomic E-state index is 8.74. The van der Waals surface area contributed by atoms with Gasteiger partial charge >= 0.3 is 10.4 Å². The highest BCUT2D eigenvalue weighted by molar-refractivity contribution is 7.79. The van der Waals surface area contributed by atoms with E-state index < -0.39 is 10.4 Å². The molecule has 0 atom stereocenters. The van der Waals surface area contributed by atoms with Crippen molar-refractivity contribution >= 4 is 10.4 Å². The fourth-order valence-corrected chi connectivity index (χ4v) is 2.08. The van der Waals surface area contributed by atoms with Gasteiger partial charge in [-0.3, -0.25) is 18.9 Å². The molecule has 6 nitrogen and oxygen atoms in total. The normalized spacial score (nSPS) is 9.53. The van der Waals surface area contributed by atoms with Gasteiger partial charge in [0, 0.05) is 39.3 Å². The van der Waals surface area contributed by atoms with E-state index in [1.54, 1.807) is 0 Å². The smallest absolute Gasteiger partial charge is 0.292 e. The Morgan fingerprint density at radius 3 is 1.00 bits per heavy atom. The Bertz CT molecular complexity index is 646. The minimum absolute atomic E-state index is 0.901. The van der Waals surface area contributed by atoms with E-state index in [1.165, 1.54) is 5.56 Å². The summed E-state index contributed by atoms with van der Waals surface area (Å²) in [6.45, 7) is 29.4. The first-order chi connectivity index (χ1) is 15.1. The van der Waals surface area contributed by atoms with Crippen LogP contribution in [0.4, 0.5) is 0 Å². The second kappa shape index (κ2) is 24.7. The molecule has 0 amide bonds. The third kappa shape index (κ3) is 34.9. The van der Waals surface area contributed by atoms with Crippen LogP contribution in [0.5, 0.6) is 0 Å². The summed E-state index contributed by atoms with van der Waals surface area (Å²) in [6.07, 6.45) is 11.3. The van der Waals surface area contributed by atoms with Crippen LogP contribution in [0.3, 0.4) is 0 Å². The molecule has 1 aromatic rings. The first-order valence-corrected chi connectivity index (χ1v) is 11.3. The summed E-state index contributed by atoms with van der Waals surface area (Å²) < 4.78 is 31.6.